The van der Waals surface area contributed by atoms with E-state index in [9.17, 15) is 0 Å². The lowest BCUT2D eigenvalue weighted by atomic mass is 9.90. The van der Waals surface area contributed by atoms with Gasteiger partial charge in [0.1, 0.15) is 0 Å². The Labute approximate surface area is 133 Å². The van der Waals surface area contributed by atoms with E-state index in [-0.39, 0.29) is 0 Å². The molecule has 0 aliphatic carbocycles. The van der Waals surface area contributed by atoms with Crippen LogP contribution in [0.3, 0.4) is 0 Å². The highest BCUT2D eigenvalue weighted by Gasteiger charge is 2.21. The minimum atomic E-state index is 0.440. The van der Waals surface area contributed by atoms with Gasteiger partial charge in [0.2, 0.25) is 5.69 Å². The van der Waals surface area contributed by atoms with Crippen molar-refractivity contribution in [1.29, 1.82) is 0 Å². The highest BCUT2D eigenvalue weighted by Crippen LogP contribution is 2.34. The molecule has 2 aromatic carbocycles. The second kappa shape index (κ2) is 5.92. The van der Waals surface area contributed by atoms with Crippen molar-refractivity contribution < 1.29 is 4.57 Å². The van der Waals surface area contributed by atoms with Crippen molar-refractivity contribution in [3.05, 3.63) is 66.4 Å². The molecule has 22 heavy (non-hydrogen) atoms. The van der Waals surface area contributed by atoms with Crippen LogP contribution in [0.1, 0.15) is 45.2 Å². The normalized spacial score (nSPS) is 11.5. The molecule has 0 saturated heterocycles. The van der Waals surface area contributed by atoms with Gasteiger partial charge in [-0.05, 0) is 42.2 Å². The van der Waals surface area contributed by atoms with Crippen molar-refractivity contribution in [1.82, 2.24) is 0 Å². The third kappa shape index (κ3) is 2.52. The zero-order valence-corrected chi connectivity index (χ0v) is 13.9. The first-order chi connectivity index (χ1) is 10.6. The first kappa shape index (κ1) is 14.8. The van der Waals surface area contributed by atoms with Crippen LogP contribution in [-0.2, 0) is 0 Å². The minimum absolute atomic E-state index is 0.440. The van der Waals surface area contributed by atoms with E-state index in [4.69, 9.17) is 0 Å². The van der Waals surface area contributed by atoms with E-state index >= 15 is 0 Å². The van der Waals surface area contributed by atoms with Crippen molar-refractivity contribution >= 4 is 10.8 Å². The monoisotopic (exact) mass is 290 g/mol. The van der Waals surface area contributed by atoms with Gasteiger partial charge in [-0.1, -0.05) is 50.2 Å². The fourth-order valence-corrected chi connectivity index (χ4v) is 3.17. The molecule has 3 rings (SSSR count). The summed E-state index contributed by atoms with van der Waals surface area (Å²) in [6.07, 6.45) is 2.19. The molecule has 0 unspecified atom stereocenters. The Kier molecular flexibility index (Phi) is 3.98. The smallest absolute Gasteiger partial charge is 0.196 e. The van der Waals surface area contributed by atoms with Gasteiger partial charge in [-0.2, -0.15) is 4.57 Å². The number of rotatable bonds is 3. The van der Waals surface area contributed by atoms with Crippen LogP contribution in [0.2, 0.25) is 0 Å². The van der Waals surface area contributed by atoms with Gasteiger partial charge in [-0.25, -0.2) is 0 Å². The van der Waals surface area contributed by atoms with Crippen LogP contribution in [-0.4, -0.2) is 0 Å². The largest absolute Gasteiger partial charge is 0.213 e. The molecule has 1 heterocycles. The molecule has 0 radical (unpaired) electrons. The van der Waals surface area contributed by atoms with Gasteiger partial charge in [-0.3, -0.25) is 0 Å². The number of nitrogens with zero attached hydrogens (tertiary/aromatic N) is 1. The molecule has 3 aromatic rings. The molecule has 1 nitrogen and oxygen atoms in total. The average molecular weight is 290 g/mol. The molecule has 1 heteroatoms. The van der Waals surface area contributed by atoms with E-state index in [0.717, 1.165) is 0 Å². The summed E-state index contributed by atoms with van der Waals surface area (Å²) >= 11 is 0. The lowest BCUT2D eigenvalue weighted by molar-refractivity contribution is -0.705. The summed E-state index contributed by atoms with van der Waals surface area (Å²) in [6.45, 7) is 9.03. The van der Waals surface area contributed by atoms with Gasteiger partial charge < -0.3 is 0 Å². The quantitative estimate of drug-likeness (QED) is 0.561. The van der Waals surface area contributed by atoms with Crippen LogP contribution in [0.25, 0.3) is 22.0 Å². The Hall–Kier alpha value is -2.15. The van der Waals surface area contributed by atoms with Gasteiger partial charge in [0, 0.05) is 12.1 Å². The maximum absolute atomic E-state index is 2.37. The SMILES string of the molecule is CC(C)c1ccc2ccccc2c1-c1cccc[n+]1C(C)C. The Balaban J connectivity index is 2.41. The lowest BCUT2D eigenvalue weighted by Gasteiger charge is -2.16. The molecule has 0 atom stereocenters. The van der Waals surface area contributed by atoms with Crippen LogP contribution in [0.5, 0.6) is 0 Å². The molecule has 0 bridgehead atoms. The van der Waals surface area contributed by atoms with Crippen LogP contribution in [0.4, 0.5) is 0 Å². The molecule has 112 valence electrons. The molecular weight excluding hydrogens is 266 g/mol. The van der Waals surface area contributed by atoms with Gasteiger partial charge in [0.25, 0.3) is 0 Å². The predicted molar refractivity (Wildman–Crippen MR) is 94.1 cm³/mol. The molecular formula is C21H24N+. The fraction of sp³-hybridized carbons (Fsp3) is 0.286. The third-order valence-electron chi connectivity index (χ3n) is 4.29. The van der Waals surface area contributed by atoms with E-state index < -0.39 is 0 Å². The Morgan fingerprint density at radius 1 is 0.773 bits per heavy atom. The van der Waals surface area contributed by atoms with Crippen molar-refractivity contribution in [2.75, 3.05) is 0 Å². The van der Waals surface area contributed by atoms with Crippen LogP contribution >= 0.6 is 0 Å². The topological polar surface area (TPSA) is 3.88 Å². The van der Waals surface area contributed by atoms with Crippen LogP contribution < -0.4 is 4.57 Å². The van der Waals surface area contributed by atoms with Crippen LogP contribution in [0, 0.1) is 0 Å². The fourth-order valence-electron chi connectivity index (χ4n) is 3.17. The Morgan fingerprint density at radius 2 is 1.50 bits per heavy atom. The minimum Gasteiger partial charge on any atom is -0.196 e. The zero-order chi connectivity index (χ0) is 15.7. The number of hydrogen-bond acceptors (Lipinski definition) is 0. The summed E-state index contributed by atoms with van der Waals surface area (Å²) in [6, 6.07) is 20.2. The molecule has 0 saturated carbocycles. The molecule has 1 aromatic heterocycles. The van der Waals surface area contributed by atoms with E-state index in [2.05, 4.69) is 93.1 Å². The summed E-state index contributed by atoms with van der Waals surface area (Å²) in [5.74, 6) is 0.500. The van der Waals surface area contributed by atoms with Crippen molar-refractivity contribution in [3.8, 4) is 11.3 Å². The number of fused-ring (bicyclic) bond motifs is 1. The van der Waals surface area contributed by atoms with E-state index in [1.54, 1.807) is 0 Å². The lowest BCUT2D eigenvalue weighted by Crippen LogP contribution is -2.38. The molecule has 0 aliphatic rings. The van der Waals surface area contributed by atoms with Gasteiger partial charge in [0.15, 0.2) is 12.2 Å². The van der Waals surface area contributed by atoms with Gasteiger partial charge in [-0.15, -0.1) is 0 Å². The highest BCUT2D eigenvalue weighted by atomic mass is 15.0. The number of pyridine rings is 1. The van der Waals surface area contributed by atoms with Gasteiger partial charge >= 0.3 is 0 Å². The van der Waals surface area contributed by atoms with Crippen LogP contribution in [0.15, 0.2) is 60.8 Å². The second-order valence-corrected chi connectivity index (χ2v) is 6.49. The number of benzene rings is 2. The zero-order valence-electron chi connectivity index (χ0n) is 13.9. The first-order valence-electron chi connectivity index (χ1n) is 8.11. The molecule has 0 N–H and O–H groups in total. The van der Waals surface area contributed by atoms with Crippen molar-refractivity contribution in [2.24, 2.45) is 0 Å². The highest BCUT2D eigenvalue weighted by molar-refractivity contribution is 5.97. The summed E-state index contributed by atoms with van der Waals surface area (Å²) < 4.78 is 2.37. The second-order valence-electron chi connectivity index (χ2n) is 6.49. The molecule has 0 spiro atoms. The maximum Gasteiger partial charge on any atom is 0.213 e. The Bertz CT molecular complexity index is 800. The summed E-state index contributed by atoms with van der Waals surface area (Å²) in [5, 5.41) is 2.65. The Morgan fingerprint density at radius 3 is 2.23 bits per heavy atom. The average Bonchev–Trinajstić information content (AvgIpc) is 2.53. The van der Waals surface area contributed by atoms with E-state index in [0.29, 0.717) is 12.0 Å². The molecule has 0 fully saturated rings. The molecule has 0 amide bonds. The van der Waals surface area contributed by atoms with E-state index in [1.165, 1.54) is 27.6 Å². The standard InChI is InChI=1S/C21H24N/c1-15(2)18-13-12-17-9-5-6-10-19(17)21(18)20-11-7-8-14-22(20)16(3)4/h5-16H,1-4H3/q+1. The number of aromatic nitrogens is 1. The summed E-state index contributed by atoms with van der Waals surface area (Å²) in [5.41, 5.74) is 4.10. The maximum atomic E-state index is 2.37. The summed E-state index contributed by atoms with van der Waals surface area (Å²) in [7, 11) is 0. The predicted octanol–water partition coefficient (Wildman–Crippen LogP) is 5.50. The van der Waals surface area contributed by atoms with Gasteiger partial charge in [0.05, 0.1) is 5.56 Å². The third-order valence-corrected chi connectivity index (χ3v) is 4.29. The molecule has 0 aliphatic heterocycles. The van der Waals surface area contributed by atoms with E-state index in [1.807, 2.05) is 0 Å². The van der Waals surface area contributed by atoms with Crippen molar-refractivity contribution in [3.63, 3.8) is 0 Å². The van der Waals surface area contributed by atoms with Crippen molar-refractivity contribution in [2.45, 2.75) is 39.7 Å². The first-order valence-corrected chi connectivity index (χ1v) is 8.11. The number of hydrogen-bond donors (Lipinski definition) is 0. The summed E-state index contributed by atoms with van der Waals surface area (Å²) in [4.78, 5) is 0.